The van der Waals surface area contributed by atoms with Crippen molar-refractivity contribution in [3.05, 3.63) is 53.1 Å². The van der Waals surface area contributed by atoms with Crippen LogP contribution in [0.5, 0.6) is 0 Å². The van der Waals surface area contributed by atoms with Crippen molar-refractivity contribution in [2.75, 3.05) is 32.1 Å². The predicted molar refractivity (Wildman–Crippen MR) is 157 cm³/mol. The van der Waals surface area contributed by atoms with Gasteiger partial charge in [0.15, 0.2) is 0 Å². The lowest BCUT2D eigenvalue weighted by atomic mass is 9.83. The van der Waals surface area contributed by atoms with Crippen LogP contribution in [0.1, 0.15) is 51.0 Å². The molecule has 0 unspecified atom stereocenters. The highest BCUT2D eigenvalue weighted by Crippen LogP contribution is 2.42. The van der Waals surface area contributed by atoms with Crippen LogP contribution in [0.2, 0.25) is 5.02 Å². The minimum Gasteiger partial charge on any atom is -0.480 e. The molecular weight excluding hydrogens is 552 g/mol. The molecule has 1 aliphatic heterocycles. The van der Waals surface area contributed by atoms with E-state index in [0.717, 1.165) is 31.4 Å². The summed E-state index contributed by atoms with van der Waals surface area (Å²) < 4.78 is 29.8. The molecule has 9 nitrogen and oxygen atoms in total. The summed E-state index contributed by atoms with van der Waals surface area (Å²) in [5, 5.41) is 12.6. The molecule has 4 rings (SSSR count). The molecule has 2 aromatic rings. The lowest BCUT2D eigenvalue weighted by Gasteiger charge is -2.36. The Balaban J connectivity index is 1.72. The van der Waals surface area contributed by atoms with Crippen LogP contribution in [0, 0.1) is 5.92 Å². The number of likely N-dealkylation sites (N-methyl/N-ethyl adjacent to an activating group) is 1. The molecule has 0 spiro atoms. The van der Waals surface area contributed by atoms with E-state index in [2.05, 4.69) is 5.32 Å². The fourth-order valence-electron chi connectivity index (χ4n) is 5.71. The van der Waals surface area contributed by atoms with Gasteiger partial charge in [-0.25, -0.2) is 18.0 Å². The highest BCUT2D eigenvalue weighted by Gasteiger charge is 2.41. The van der Waals surface area contributed by atoms with Crippen LogP contribution in [-0.4, -0.2) is 74.0 Å². The monoisotopic (exact) mass is 590 g/mol. The van der Waals surface area contributed by atoms with Crippen molar-refractivity contribution >= 4 is 45.0 Å². The van der Waals surface area contributed by atoms with Crippen molar-refractivity contribution in [3.8, 4) is 0 Å². The van der Waals surface area contributed by atoms with Crippen molar-refractivity contribution < 1.29 is 23.1 Å². The van der Waals surface area contributed by atoms with E-state index in [9.17, 15) is 23.1 Å². The van der Waals surface area contributed by atoms with Gasteiger partial charge in [0.2, 0.25) is 10.0 Å². The summed E-state index contributed by atoms with van der Waals surface area (Å²) >= 11 is 6.75. The molecule has 2 aromatic carbocycles. The van der Waals surface area contributed by atoms with E-state index in [0.29, 0.717) is 29.4 Å². The maximum atomic E-state index is 14.1. The number of carboxylic acid groups (broad SMARTS) is 1. The lowest BCUT2D eigenvalue weighted by Crippen LogP contribution is -2.46. The van der Waals surface area contributed by atoms with E-state index < -0.39 is 28.1 Å². The van der Waals surface area contributed by atoms with Crippen LogP contribution < -0.4 is 10.2 Å². The first-order valence-electron chi connectivity index (χ1n) is 13.9. The molecule has 11 heteroatoms. The summed E-state index contributed by atoms with van der Waals surface area (Å²) in [4.78, 5) is 27.8. The average Bonchev–Trinajstić information content (AvgIpc) is 3.03. The normalized spacial score (nSPS) is 20.3. The number of hydrogen-bond donors (Lipinski definition) is 2. The third-order valence-electron chi connectivity index (χ3n) is 8.29. The zero-order valence-corrected chi connectivity index (χ0v) is 24.9. The number of benzene rings is 2. The summed E-state index contributed by atoms with van der Waals surface area (Å²) in [6.45, 7) is 2.73. The van der Waals surface area contributed by atoms with E-state index in [1.54, 1.807) is 33.2 Å². The summed E-state index contributed by atoms with van der Waals surface area (Å²) in [6, 6.07) is 11.2. The van der Waals surface area contributed by atoms with E-state index in [1.807, 2.05) is 35.2 Å². The number of carbonyl (C=O) groups is 2. The molecular formula is C29H39ClN4O5S. The molecule has 2 atom stereocenters. The number of urea groups is 1. The van der Waals surface area contributed by atoms with Crippen molar-refractivity contribution in [1.82, 2.24) is 14.5 Å². The SMILES string of the molecule is CCN(C)C(=O)N[C@@H](CCc1cc2c(cc1Cl)N(c1ccccc1)C[C@@H](C1CCCCC1)N(C)S2(=O)=O)C(=O)O. The van der Waals surface area contributed by atoms with Gasteiger partial charge in [-0.2, -0.15) is 4.31 Å². The molecule has 0 aromatic heterocycles. The fourth-order valence-corrected chi connectivity index (χ4v) is 7.59. The number of carbonyl (C=O) groups excluding carboxylic acids is 1. The summed E-state index contributed by atoms with van der Waals surface area (Å²) in [7, 11) is -0.635. The standard InChI is InChI=1S/C29H39ClN4O5S/c1-4-32(2)29(37)31-24(28(35)36)16-15-21-17-27-25(18-23(21)30)34(22-13-9-6-10-14-22)19-26(33(3)40(27,38)39)20-11-7-5-8-12-20/h6,9-10,13-14,17-18,20,24,26H,4-5,7-8,11-12,15-16,19H2,1-3H3,(H,31,37)(H,35,36)/t24-,26-/m0/s1. The molecule has 1 saturated carbocycles. The number of amides is 2. The number of fused-ring (bicyclic) bond motifs is 1. The zero-order chi connectivity index (χ0) is 29.0. The number of carboxylic acids is 1. The van der Waals surface area contributed by atoms with Gasteiger partial charge in [-0.1, -0.05) is 49.1 Å². The van der Waals surface area contributed by atoms with Gasteiger partial charge in [0.25, 0.3) is 0 Å². The number of nitrogens with one attached hydrogen (secondary N) is 1. The number of anilines is 2. The number of aliphatic carboxylic acids is 1. The van der Waals surface area contributed by atoms with Gasteiger partial charge in [0.1, 0.15) is 10.9 Å². The quantitative estimate of drug-likeness (QED) is 0.442. The first-order valence-corrected chi connectivity index (χ1v) is 15.7. The number of halogens is 1. The smallest absolute Gasteiger partial charge is 0.326 e. The summed E-state index contributed by atoms with van der Waals surface area (Å²) in [6.07, 6.45) is 5.58. The van der Waals surface area contributed by atoms with Gasteiger partial charge in [-0.05, 0) is 68.4 Å². The van der Waals surface area contributed by atoms with Crippen LogP contribution >= 0.6 is 11.6 Å². The Kier molecular flexibility index (Phi) is 9.64. The zero-order valence-electron chi connectivity index (χ0n) is 23.3. The first-order chi connectivity index (χ1) is 19.0. The predicted octanol–water partition coefficient (Wildman–Crippen LogP) is 5.11. The largest absolute Gasteiger partial charge is 0.480 e. The Labute approximate surface area is 242 Å². The van der Waals surface area contributed by atoms with Crippen LogP contribution in [0.3, 0.4) is 0 Å². The van der Waals surface area contributed by atoms with Crippen LogP contribution in [0.4, 0.5) is 16.2 Å². The average molecular weight is 591 g/mol. The molecule has 1 fully saturated rings. The van der Waals surface area contributed by atoms with Gasteiger partial charge >= 0.3 is 12.0 Å². The molecule has 1 heterocycles. The minimum atomic E-state index is -3.88. The Bertz CT molecular complexity index is 1320. The molecule has 40 heavy (non-hydrogen) atoms. The van der Waals surface area contributed by atoms with Crippen molar-refractivity contribution in [3.63, 3.8) is 0 Å². The molecule has 2 N–H and O–H groups in total. The highest BCUT2D eigenvalue weighted by molar-refractivity contribution is 7.89. The van der Waals surface area contributed by atoms with Crippen molar-refractivity contribution in [1.29, 1.82) is 0 Å². The lowest BCUT2D eigenvalue weighted by molar-refractivity contribution is -0.139. The Morgan fingerprint density at radius 2 is 1.82 bits per heavy atom. The van der Waals surface area contributed by atoms with E-state index in [4.69, 9.17) is 11.6 Å². The van der Waals surface area contributed by atoms with Crippen LogP contribution in [-0.2, 0) is 21.2 Å². The highest BCUT2D eigenvalue weighted by atomic mass is 35.5. The third-order valence-corrected chi connectivity index (χ3v) is 10.6. The van der Waals surface area contributed by atoms with Crippen molar-refractivity contribution in [2.45, 2.75) is 68.8 Å². The van der Waals surface area contributed by atoms with Crippen molar-refractivity contribution in [2.24, 2.45) is 5.92 Å². The van der Waals surface area contributed by atoms with Crippen LogP contribution in [0.25, 0.3) is 0 Å². The molecule has 1 aliphatic carbocycles. The van der Waals surface area contributed by atoms with Gasteiger partial charge in [-0.15, -0.1) is 0 Å². The molecule has 2 aliphatic rings. The maximum Gasteiger partial charge on any atom is 0.326 e. The van der Waals surface area contributed by atoms with E-state index in [1.165, 1.54) is 15.6 Å². The second-order valence-corrected chi connectivity index (χ2v) is 13.1. The van der Waals surface area contributed by atoms with Gasteiger partial charge in [0.05, 0.1) is 5.69 Å². The molecule has 0 radical (unpaired) electrons. The second-order valence-electron chi connectivity index (χ2n) is 10.7. The molecule has 2 amide bonds. The number of rotatable bonds is 8. The Morgan fingerprint density at radius 3 is 2.45 bits per heavy atom. The first kappa shape index (κ1) is 30.1. The second kappa shape index (κ2) is 12.8. The van der Waals surface area contributed by atoms with Gasteiger partial charge in [0, 0.05) is 43.9 Å². The summed E-state index contributed by atoms with van der Waals surface area (Å²) in [5.41, 5.74) is 1.91. The minimum absolute atomic E-state index is 0.0557. The Morgan fingerprint density at radius 1 is 1.15 bits per heavy atom. The third kappa shape index (κ3) is 6.39. The topological polar surface area (TPSA) is 110 Å². The fraction of sp³-hybridized carbons (Fsp3) is 0.517. The van der Waals surface area contributed by atoms with Crippen LogP contribution in [0.15, 0.2) is 47.4 Å². The van der Waals surface area contributed by atoms with Gasteiger partial charge < -0.3 is 20.2 Å². The number of nitrogens with zero attached hydrogens (tertiary/aromatic N) is 3. The van der Waals surface area contributed by atoms with E-state index >= 15 is 0 Å². The molecule has 218 valence electrons. The van der Waals surface area contributed by atoms with E-state index in [-0.39, 0.29) is 29.7 Å². The number of sulfonamides is 1. The maximum absolute atomic E-state index is 14.1. The number of para-hydroxylation sites is 1. The van der Waals surface area contributed by atoms with Gasteiger partial charge in [-0.3, -0.25) is 0 Å². The summed E-state index contributed by atoms with van der Waals surface area (Å²) in [5.74, 6) is -0.910. The molecule has 0 bridgehead atoms. The Hall–Kier alpha value is -2.82. The number of hydrogen-bond acceptors (Lipinski definition) is 5. The number of aryl methyl sites for hydroxylation is 1. The molecule has 0 saturated heterocycles.